The van der Waals surface area contributed by atoms with E-state index in [-0.39, 0.29) is 11.6 Å². The minimum absolute atomic E-state index is 0.00436. The van der Waals surface area contributed by atoms with Crippen molar-refractivity contribution >= 4 is 17.4 Å². The molecule has 0 saturated carbocycles. The van der Waals surface area contributed by atoms with Crippen molar-refractivity contribution < 1.29 is 9.34 Å². The van der Waals surface area contributed by atoms with Crippen molar-refractivity contribution in [3.8, 4) is 11.5 Å². The molecule has 0 saturated heterocycles. The average molecular weight is 341 g/mol. The Morgan fingerprint density at radius 3 is 2.79 bits per heavy atom. The van der Waals surface area contributed by atoms with Gasteiger partial charge in [0.1, 0.15) is 0 Å². The van der Waals surface area contributed by atoms with Crippen LogP contribution in [0.4, 0.5) is 5.69 Å². The van der Waals surface area contributed by atoms with Crippen molar-refractivity contribution in [1.29, 1.82) is 0 Å². The van der Waals surface area contributed by atoms with Gasteiger partial charge in [-0.05, 0) is 31.0 Å². The van der Waals surface area contributed by atoms with E-state index in [0.29, 0.717) is 10.8 Å². The molecular weight excluding hydrogens is 326 g/mol. The number of benzene rings is 2. The number of hydrogen-bond acceptors (Lipinski definition) is 6. The number of thioether (sulfide) groups is 1. The van der Waals surface area contributed by atoms with Crippen LogP contribution >= 0.6 is 11.8 Å². The van der Waals surface area contributed by atoms with E-state index in [0.717, 1.165) is 5.75 Å². The SMILES string of the molecule is Cc1ccc(C)c(CSc2nnc(-c3cccc([N+](=O)[O-])c3)o2)c1. The number of hydrogen-bond donors (Lipinski definition) is 0. The highest BCUT2D eigenvalue weighted by Gasteiger charge is 2.13. The second-order valence-corrected chi connectivity index (χ2v) is 6.33. The number of rotatable bonds is 5. The van der Waals surface area contributed by atoms with Crippen LogP contribution in [0.3, 0.4) is 0 Å². The third kappa shape index (κ3) is 3.62. The zero-order valence-corrected chi connectivity index (χ0v) is 14.0. The highest BCUT2D eigenvalue weighted by molar-refractivity contribution is 7.98. The second kappa shape index (κ2) is 6.84. The van der Waals surface area contributed by atoms with Crippen molar-refractivity contribution in [2.24, 2.45) is 0 Å². The van der Waals surface area contributed by atoms with Crippen LogP contribution in [0, 0.1) is 24.0 Å². The molecule has 0 aliphatic carbocycles. The molecule has 0 atom stereocenters. The fourth-order valence-corrected chi connectivity index (χ4v) is 3.06. The Bertz CT molecular complexity index is 892. The van der Waals surface area contributed by atoms with Crippen LogP contribution in [0.15, 0.2) is 52.1 Å². The number of nitro groups is 1. The molecule has 6 nitrogen and oxygen atoms in total. The zero-order valence-electron chi connectivity index (χ0n) is 13.2. The predicted octanol–water partition coefficient (Wildman–Crippen LogP) is 4.55. The van der Waals surface area contributed by atoms with E-state index < -0.39 is 4.92 Å². The quantitative estimate of drug-likeness (QED) is 0.384. The predicted molar refractivity (Wildman–Crippen MR) is 91.9 cm³/mol. The van der Waals surface area contributed by atoms with Crippen molar-refractivity contribution in [1.82, 2.24) is 10.2 Å². The molecule has 24 heavy (non-hydrogen) atoms. The van der Waals surface area contributed by atoms with Gasteiger partial charge in [0, 0.05) is 23.4 Å². The van der Waals surface area contributed by atoms with E-state index in [1.165, 1.54) is 40.6 Å². The first-order valence-corrected chi connectivity index (χ1v) is 8.29. The molecule has 122 valence electrons. The van der Waals surface area contributed by atoms with Gasteiger partial charge in [-0.1, -0.05) is 41.6 Å². The van der Waals surface area contributed by atoms with Crippen molar-refractivity contribution in [3.05, 3.63) is 69.3 Å². The van der Waals surface area contributed by atoms with E-state index in [9.17, 15) is 10.1 Å². The van der Waals surface area contributed by atoms with Gasteiger partial charge in [-0.2, -0.15) is 0 Å². The fourth-order valence-electron chi connectivity index (χ4n) is 2.23. The van der Waals surface area contributed by atoms with Gasteiger partial charge < -0.3 is 4.42 Å². The summed E-state index contributed by atoms with van der Waals surface area (Å²) < 4.78 is 5.61. The van der Waals surface area contributed by atoms with E-state index in [1.54, 1.807) is 12.1 Å². The maximum absolute atomic E-state index is 10.8. The lowest BCUT2D eigenvalue weighted by molar-refractivity contribution is -0.384. The Morgan fingerprint density at radius 2 is 2.00 bits per heavy atom. The van der Waals surface area contributed by atoms with Crippen LogP contribution in [-0.2, 0) is 5.75 Å². The van der Waals surface area contributed by atoms with Gasteiger partial charge in [0.15, 0.2) is 0 Å². The van der Waals surface area contributed by atoms with Crippen LogP contribution in [-0.4, -0.2) is 15.1 Å². The van der Waals surface area contributed by atoms with Gasteiger partial charge in [-0.25, -0.2) is 0 Å². The lowest BCUT2D eigenvalue weighted by Gasteiger charge is -2.04. The van der Waals surface area contributed by atoms with Crippen molar-refractivity contribution in [3.63, 3.8) is 0 Å². The van der Waals surface area contributed by atoms with Gasteiger partial charge in [0.2, 0.25) is 5.89 Å². The molecule has 0 spiro atoms. The molecule has 3 rings (SSSR count). The smallest absolute Gasteiger partial charge is 0.277 e. The molecule has 0 fully saturated rings. The molecule has 3 aromatic rings. The normalized spacial score (nSPS) is 10.8. The van der Waals surface area contributed by atoms with Crippen LogP contribution < -0.4 is 0 Å². The van der Waals surface area contributed by atoms with Gasteiger partial charge in [0.25, 0.3) is 10.9 Å². The van der Waals surface area contributed by atoms with E-state index >= 15 is 0 Å². The fraction of sp³-hybridized carbons (Fsp3) is 0.176. The monoisotopic (exact) mass is 341 g/mol. The summed E-state index contributed by atoms with van der Waals surface area (Å²) in [5.74, 6) is 1.01. The third-order valence-corrected chi connectivity index (χ3v) is 4.43. The van der Waals surface area contributed by atoms with E-state index in [2.05, 4.69) is 42.2 Å². The molecule has 0 aliphatic heterocycles. The molecule has 0 aliphatic rings. The van der Waals surface area contributed by atoms with Crippen molar-refractivity contribution in [2.45, 2.75) is 24.8 Å². The lowest BCUT2D eigenvalue weighted by Crippen LogP contribution is -1.88. The standard InChI is InChI=1S/C17H15N3O3S/c1-11-6-7-12(2)14(8-11)10-24-17-19-18-16(23-17)13-4-3-5-15(9-13)20(21)22/h3-9H,10H2,1-2H3. The first kappa shape index (κ1) is 16.2. The average Bonchev–Trinajstić information content (AvgIpc) is 3.05. The summed E-state index contributed by atoms with van der Waals surface area (Å²) >= 11 is 1.45. The van der Waals surface area contributed by atoms with Gasteiger partial charge in [-0.3, -0.25) is 10.1 Å². The highest BCUT2D eigenvalue weighted by atomic mass is 32.2. The second-order valence-electron chi connectivity index (χ2n) is 5.40. The number of nitrogens with zero attached hydrogens (tertiary/aromatic N) is 3. The molecule has 0 unspecified atom stereocenters. The third-order valence-electron chi connectivity index (χ3n) is 3.57. The maximum Gasteiger partial charge on any atom is 0.277 e. The molecule has 0 radical (unpaired) electrons. The van der Waals surface area contributed by atoms with Gasteiger partial charge in [-0.15, -0.1) is 10.2 Å². The molecule has 2 aromatic carbocycles. The highest BCUT2D eigenvalue weighted by Crippen LogP contribution is 2.28. The Hall–Kier alpha value is -2.67. The van der Waals surface area contributed by atoms with E-state index in [1.807, 2.05) is 0 Å². The minimum Gasteiger partial charge on any atom is -0.411 e. The van der Waals surface area contributed by atoms with Crippen LogP contribution in [0.1, 0.15) is 16.7 Å². The first-order valence-electron chi connectivity index (χ1n) is 7.30. The molecule has 1 heterocycles. The molecule has 1 aromatic heterocycles. The van der Waals surface area contributed by atoms with Gasteiger partial charge >= 0.3 is 0 Å². The molecule has 0 bridgehead atoms. The number of nitro benzene ring substituents is 1. The number of aryl methyl sites for hydroxylation is 2. The number of non-ortho nitro benzene ring substituents is 1. The summed E-state index contributed by atoms with van der Waals surface area (Å²) in [6.07, 6.45) is 0. The summed E-state index contributed by atoms with van der Waals surface area (Å²) in [5, 5.41) is 19.3. The Balaban J connectivity index is 1.75. The summed E-state index contributed by atoms with van der Waals surface area (Å²) in [6.45, 7) is 4.12. The van der Waals surface area contributed by atoms with Crippen molar-refractivity contribution in [2.75, 3.05) is 0 Å². The Morgan fingerprint density at radius 1 is 1.17 bits per heavy atom. The largest absolute Gasteiger partial charge is 0.411 e. The molecule has 0 N–H and O–H groups in total. The van der Waals surface area contributed by atoms with E-state index in [4.69, 9.17) is 4.42 Å². The maximum atomic E-state index is 10.8. The summed E-state index contributed by atoms with van der Waals surface area (Å²) in [7, 11) is 0. The number of aromatic nitrogens is 2. The first-order chi connectivity index (χ1) is 11.5. The van der Waals surface area contributed by atoms with Crippen LogP contribution in [0.2, 0.25) is 0 Å². The Kier molecular flexibility index (Phi) is 4.61. The van der Waals surface area contributed by atoms with Crippen LogP contribution in [0.25, 0.3) is 11.5 Å². The molecule has 0 amide bonds. The summed E-state index contributed by atoms with van der Waals surface area (Å²) in [4.78, 5) is 10.4. The lowest BCUT2D eigenvalue weighted by atomic mass is 10.1. The zero-order chi connectivity index (χ0) is 17.1. The minimum atomic E-state index is -0.448. The Labute approximate surface area is 143 Å². The van der Waals surface area contributed by atoms with Crippen LogP contribution in [0.5, 0.6) is 0 Å². The van der Waals surface area contributed by atoms with Gasteiger partial charge in [0.05, 0.1) is 4.92 Å². The summed E-state index contributed by atoms with van der Waals surface area (Å²) in [5.41, 5.74) is 4.17. The summed E-state index contributed by atoms with van der Waals surface area (Å²) in [6, 6.07) is 12.5. The molecule has 7 heteroatoms. The topological polar surface area (TPSA) is 82.1 Å². The molecular formula is C17H15N3O3S.